The highest BCUT2D eigenvalue weighted by atomic mass is 28.4. The molecule has 2 rings (SSSR count). The van der Waals surface area contributed by atoms with Gasteiger partial charge in [0.2, 0.25) is 0 Å². The van der Waals surface area contributed by atoms with Gasteiger partial charge in [0, 0.05) is 12.0 Å². The van der Waals surface area contributed by atoms with Gasteiger partial charge in [-0.1, -0.05) is 90.1 Å². The van der Waals surface area contributed by atoms with E-state index in [4.69, 9.17) is 9.16 Å². The first kappa shape index (κ1) is 27.1. The Kier molecular flexibility index (Phi) is 10.00. The Bertz CT molecular complexity index is 740. The average molecular weight is 457 g/mol. The first-order valence-electron chi connectivity index (χ1n) is 12.6. The second-order valence-electron chi connectivity index (χ2n) is 11.7. The van der Waals surface area contributed by atoms with E-state index in [2.05, 4.69) is 97.1 Å². The lowest BCUT2D eigenvalue weighted by molar-refractivity contribution is 0.0726. The Morgan fingerprint density at radius 2 is 1.81 bits per heavy atom. The molecule has 0 saturated heterocycles. The van der Waals surface area contributed by atoms with Crippen molar-refractivity contribution in [3.8, 4) is 0 Å². The zero-order valence-corrected chi connectivity index (χ0v) is 23.0. The second kappa shape index (κ2) is 11.8. The van der Waals surface area contributed by atoms with Gasteiger partial charge in [0.25, 0.3) is 0 Å². The molecule has 1 aliphatic rings. The normalized spacial score (nSPS) is 20.4. The fourth-order valence-corrected chi connectivity index (χ4v) is 5.48. The molecule has 0 spiro atoms. The van der Waals surface area contributed by atoms with E-state index in [1.54, 1.807) is 0 Å². The summed E-state index contributed by atoms with van der Waals surface area (Å²) >= 11 is 0. The van der Waals surface area contributed by atoms with Crippen molar-refractivity contribution in [3.63, 3.8) is 0 Å². The summed E-state index contributed by atoms with van der Waals surface area (Å²) in [7, 11) is -1.76. The fraction of sp³-hybridized carbons (Fsp3) is 0.655. The van der Waals surface area contributed by atoms with Crippen LogP contribution >= 0.6 is 0 Å². The molecule has 2 nitrogen and oxygen atoms in total. The van der Waals surface area contributed by atoms with Crippen molar-refractivity contribution in [2.24, 2.45) is 11.3 Å². The van der Waals surface area contributed by atoms with E-state index in [-0.39, 0.29) is 10.5 Å². The number of rotatable bonds is 11. The number of hydrogen-bond donors (Lipinski definition) is 0. The fourth-order valence-electron chi connectivity index (χ4n) is 4.01. The summed E-state index contributed by atoms with van der Waals surface area (Å²) in [5, 5.41) is 0.251. The molecular formula is C29H48O2Si. The van der Waals surface area contributed by atoms with E-state index < -0.39 is 8.32 Å². The molecule has 0 fully saturated rings. The van der Waals surface area contributed by atoms with Crippen molar-refractivity contribution in [1.29, 1.82) is 0 Å². The van der Waals surface area contributed by atoms with Gasteiger partial charge in [0.05, 0.1) is 12.7 Å². The quantitative estimate of drug-likeness (QED) is 0.245. The number of allylic oxidation sites excluding steroid dienone is 3. The zero-order chi connectivity index (χ0) is 23.8. The van der Waals surface area contributed by atoms with Crippen LogP contribution in [0.4, 0.5) is 0 Å². The van der Waals surface area contributed by atoms with E-state index in [0.717, 1.165) is 38.9 Å². The summed E-state index contributed by atoms with van der Waals surface area (Å²) in [6, 6.07) is 10.4. The zero-order valence-electron chi connectivity index (χ0n) is 22.0. The summed E-state index contributed by atoms with van der Waals surface area (Å²) in [6.07, 6.45) is 13.2. The Hall–Kier alpha value is -1.16. The Morgan fingerprint density at radius 3 is 2.47 bits per heavy atom. The van der Waals surface area contributed by atoms with Crippen molar-refractivity contribution in [3.05, 3.63) is 59.7 Å². The van der Waals surface area contributed by atoms with Crippen molar-refractivity contribution in [2.45, 2.75) is 104 Å². The lowest BCUT2D eigenvalue weighted by Gasteiger charge is -2.46. The predicted molar refractivity (Wildman–Crippen MR) is 141 cm³/mol. The maximum atomic E-state index is 6.87. The minimum atomic E-state index is -1.76. The standard InChI is InChI=1S/C29H48O2Si/c1-24(21-22-30-23-25-16-10-9-11-17-25)15-12-13-18-26-19-14-20-27(29(26,5)6)31-32(7,8)28(2,3)4/h9-11,13,16-19,24,27H,12,14-15,20-23H2,1-8H3/b18-13+/t24-,27-/m0/s1. The van der Waals surface area contributed by atoms with E-state index in [1.807, 2.05) is 6.07 Å². The van der Waals surface area contributed by atoms with Crippen LogP contribution in [0.3, 0.4) is 0 Å². The monoisotopic (exact) mass is 456 g/mol. The maximum absolute atomic E-state index is 6.87. The molecule has 0 unspecified atom stereocenters. The van der Waals surface area contributed by atoms with Gasteiger partial charge in [-0.2, -0.15) is 0 Å². The molecule has 2 atom stereocenters. The summed E-state index contributed by atoms with van der Waals surface area (Å²) in [6.45, 7) is 20.4. The van der Waals surface area contributed by atoms with Crippen LogP contribution in [0.5, 0.6) is 0 Å². The molecule has 180 valence electrons. The van der Waals surface area contributed by atoms with E-state index in [9.17, 15) is 0 Å². The summed E-state index contributed by atoms with van der Waals surface area (Å²) in [4.78, 5) is 0. The predicted octanol–water partition coefficient (Wildman–Crippen LogP) is 8.70. The Morgan fingerprint density at radius 1 is 1.12 bits per heavy atom. The molecule has 0 radical (unpaired) electrons. The molecule has 0 amide bonds. The SMILES string of the molecule is C[C@@H](CC/C=C/C1=CCC[C@H](O[Si](C)(C)C(C)(C)C)C1(C)C)CCOCc1ccccc1. The van der Waals surface area contributed by atoms with Crippen LogP contribution in [0, 0.1) is 11.3 Å². The molecular weight excluding hydrogens is 408 g/mol. The van der Waals surface area contributed by atoms with Crippen molar-refractivity contribution < 1.29 is 9.16 Å². The van der Waals surface area contributed by atoms with Crippen LogP contribution in [0.1, 0.15) is 79.2 Å². The van der Waals surface area contributed by atoms with Crippen LogP contribution in [0.15, 0.2) is 54.1 Å². The van der Waals surface area contributed by atoms with Gasteiger partial charge < -0.3 is 9.16 Å². The number of ether oxygens (including phenoxy) is 1. The van der Waals surface area contributed by atoms with E-state index in [0.29, 0.717) is 12.0 Å². The Balaban J connectivity index is 1.76. The minimum Gasteiger partial charge on any atom is -0.413 e. The molecule has 0 aromatic heterocycles. The third kappa shape index (κ3) is 8.00. The third-order valence-corrected chi connectivity index (χ3v) is 12.1. The van der Waals surface area contributed by atoms with Crippen LogP contribution in [0.25, 0.3) is 0 Å². The van der Waals surface area contributed by atoms with Crippen LogP contribution in [0.2, 0.25) is 18.1 Å². The summed E-state index contributed by atoms with van der Waals surface area (Å²) < 4.78 is 12.7. The summed E-state index contributed by atoms with van der Waals surface area (Å²) in [5.41, 5.74) is 2.77. The third-order valence-electron chi connectivity index (χ3n) is 7.58. The van der Waals surface area contributed by atoms with Gasteiger partial charge in [-0.3, -0.25) is 0 Å². The smallest absolute Gasteiger partial charge is 0.192 e. The van der Waals surface area contributed by atoms with Crippen LogP contribution in [-0.4, -0.2) is 21.0 Å². The average Bonchev–Trinajstić information content (AvgIpc) is 2.71. The first-order chi connectivity index (χ1) is 14.9. The van der Waals surface area contributed by atoms with Gasteiger partial charge in [-0.05, 0) is 67.3 Å². The van der Waals surface area contributed by atoms with Gasteiger partial charge in [0.15, 0.2) is 8.32 Å². The topological polar surface area (TPSA) is 18.5 Å². The largest absolute Gasteiger partial charge is 0.413 e. The van der Waals surface area contributed by atoms with Gasteiger partial charge in [-0.15, -0.1) is 0 Å². The molecule has 0 aliphatic heterocycles. The van der Waals surface area contributed by atoms with Gasteiger partial charge in [-0.25, -0.2) is 0 Å². The number of benzene rings is 1. The molecule has 0 heterocycles. The lowest BCUT2D eigenvalue weighted by atomic mass is 9.73. The van der Waals surface area contributed by atoms with Crippen LogP contribution in [-0.2, 0) is 15.8 Å². The lowest BCUT2D eigenvalue weighted by Crippen LogP contribution is -2.49. The molecule has 0 bridgehead atoms. The molecule has 3 heteroatoms. The van der Waals surface area contributed by atoms with Crippen molar-refractivity contribution >= 4 is 8.32 Å². The second-order valence-corrected chi connectivity index (χ2v) is 16.5. The highest BCUT2D eigenvalue weighted by Crippen LogP contribution is 2.45. The van der Waals surface area contributed by atoms with Crippen molar-refractivity contribution in [2.75, 3.05) is 6.61 Å². The number of hydrogen-bond acceptors (Lipinski definition) is 2. The molecule has 0 N–H and O–H groups in total. The highest BCUT2D eigenvalue weighted by molar-refractivity contribution is 6.74. The van der Waals surface area contributed by atoms with Gasteiger partial charge in [0.1, 0.15) is 0 Å². The Labute approximate surface area is 199 Å². The van der Waals surface area contributed by atoms with Crippen molar-refractivity contribution in [1.82, 2.24) is 0 Å². The first-order valence-corrected chi connectivity index (χ1v) is 15.5. The molecule has 32 heavy (non-hydrogen) atoms. The molecule has 1 aromatic carbocycles. The molecule has 1 aromatic rings. The molecule has 1 aliphatic carbocycles. The van der Waals surface area contributed by atoms with E-state index in [1.165, 1.54) is 17.6 Å². The molecule has 0 saturated carbocycles. The minimum absolute atomic E-state index is 0.0706. The maximum Gasteiger partial charge on any atom is 0.192 e. The summed E-state index contributed by atoms with van der Waals surface area (Å²) in [5.74, 6) is 0.679. The van der Waals surface area contributed by atoms with Crippen LogP contribution < -0.4 is 0 Å². The van der Waals surface area contributed by atoms with E-state index >= 15 is 0 Å². The van der Waals surface area contributed by atoms with Gasteiger partial charge >= 0.3 is 0 Å². The highest BCUT2D eigenvalue weighted by Gasteiger charge is 2.44.